The van der Waals surface area contributed by atoms with Gasteiger partial charge in [-0.25, -0.2) is 12.9 Å². The summed E-state index contributed by atoms with van der Waals surface area (Å²) < 4.78 is 34.5. The van der Waals surface area contributed by atoms with Crippen LogP contribution in [0.25, 0.3) is 5.52 Å². The molecule has 8 nitrogen and oxygen atoms in total. The predicted octanol–water partition coefficient (Wildman–Crippen LogP) is 3.15. The molecule has 3 aromatic rings. The summed E-state index contributed by atoms with van der Waals surface area (Å²) >= 11 is 0. The molecule has 2 aliphatic rings. The number of carbonyl (C=O) groups excluding carboxylic acids is 1. The Hall–Kier alpha value is -2.91. The average Bonchev–Trinajstić information content (AvgIpc) is 3.54. The molecule has 0 radical (unpaired) electrons. The number of piperidine rings is 1. The molecular weight excluding hydrogens is 440 g/mol. The number of ether oxygens (including phenoxy) is 1. The van der Waals surface area contributed by atoms with Crippen molar-refractivity contribution in [2.24, 2.45) is 0 Å². The van der Waals surface area contributed by atoms with Gasteiger partial charge >= 0.3 is 0 Å². The molecule has 0 aliphatic carbocycles. The number of likely N-dealkylation sites (tertiary alicyclic amines) is 1. The van der Waals surface area contributed by atoms with Crippen molar-refractivity contribution < 1.29 is 17.9 Å². The van der Waals surface area contributed by atoms with Crippen LogP contribution in [-0.2, 0) is 10.0 Å². The van der Waals surface area contributed by atoms with Gasteiger partial charge in [-0.3, -0.25) is 4.79 Å². The molecule has 0 bridgehead atoms. The van der Waals surface area contributed by atoms with Crippen LogP contribution in [0, 0.1) is 0 Å². The highest BCUT2D eigenvalue weighted by molar-refractivity contribution is 7.89. The van der Waals surface area contributed by atoms with Gasteiger partial charge in [0.25, 0.3) is 5.91 Å². The van der Waals surface area contributed by atoms with E-state index in [9.17, 15) is 13.2 Å². The van der Waals surface area contributed by atoms with E-state index in [0.717, 1.165) is 49.9 Å². The number of methoxy groups -OCH3 is 1. The molecule has 2 aliphatic heterocycles. The van der Waals surface area contributed by atoms with E-state index in [4.69, 9.17) is 4.74 Å². The van der Waals surface area contributed by atoms with Crippen LogP contribution in [0.4, 0.5) is 0 Å². The second-order valence-electron chi connectivity index (χ2n) is 8.70. The topological polar surface area (TPSA) is 84.2 Å². The van der Waals surface area contributed by atoms with Gasteiger partial charge in [0.15, 0.2) is 0 Å². The highest BCUT2D eigenvalue weighted by Crippen LogP contribution is 2.32. The third-order valence-corrected chi connectivity index (χ3v) is 8.70. The van der Waals surface area contributed by atoms with Gasteiger partial charge < -0.3 is 9.64 Å². The Morgan fingerprint density at radius 2 is 1.73 bits per heavy atom. The SMILES string of the molecule is COc1ccc(S(=O)(=O)N2CCC(c3ccn4ncc(C(=O)N5CCCC5)c4c3)CC2)cc1. The smallest absolute Gasteiger partial charge is 0.257 e. The minimum Gasteiger partial charge on any atom is -0.497 e. The van der Waals surface area contributed by atoms with Gasteiger partial charge in [-0.1, -0.05) is 0 Å². The van der Waals surface area contributed by atoms with Gasteiger partial charge in [-0.2, -0.15) is 9.40 Å². The first-order chi connectivity index (χ1) is 16.0. The van der Waals surface area contributed by atoms with E-state index in [1.807, 2.05) is 17.2 Å². The summed E-state index contributed by atoms with van der Waals surface area (Å²) in [5, 5.41) is 4.36. The van der Waals surface area contributed by atoms with Crippen molar-refractivity contribution in [3.8, 4) is 5.75 Å². The number of benzene rings is 1. The van der Waals surface area contributed by atoms with E-state index >= 15 is 0 Å². The molecular formula is C24H28N4O4S. The molecule has 4 heterocycles. The van der Waals surface area contributed by atoms with E-state index in [1.165, 1.54) is 0 Å². The molecule has 1 aromatic carbocycles. The average molecular weight is 469 g/mol. The number of fused-ring (bicyclic) bond motifs is 1. The van der Waals surface area contributed by atoms with E-state index in [1.54, 1.807) is 46.4 Å². The Morgan fingerprint density at radius 1 is 1.03 bits per heavy atom. The van der Waals surface area contributed by atoms with Gasteiger partial charge in [0.05, 0.1) is 29.3 Å². The lowest BCUT2D eigenvalue weighted by Crippen LogP contribution is -2.37. The molecule has 1 amide bonds. The van der Waals surface area contributed by atoms with Crippen LogP contribution in [0.2, 0.25) is 0 Å². The van der Waals surface area contributed by atoms with Crippen LogP contribution in [0.15, 0.2) is 53.7 Å². The standard InChI is InChI=1S/C24H28N4O4S/c1-32-20-4-6-21(7-5-20)33(30,31)27-13-8-18(9-14-27)19-10-15-28-23(16-19)22(17-25-28)24(29)26-11-2-3-12-26/h4-7,10,15-18H,2-3,8-9,11-14H2,1H3. The minimum atomic E-state index is -3.53. The molecule has 0 unspecified atom stereocenters. The summed E-state index contributed by atoms with van der Waals surface area (Å²) in [5.41, 5.74) is 2.58. The summed E-state index contributed by atoms with van der Waals surface area (Å²) in [7, 11) is -1.98. The Morgan fingerprint density at radius 3 is 2.39 bits per heavy atom. The van der Waals surface area contributed by atoms with Crippen molar-refractivity contribution in [3.05, 3.63) is 59.9 Å². The number of rotatable bonds is 5. The summed E-state index contributed by atoms with van der Waals surface area (Å²) in [5.74, 6) is 0.910. The zero-order valence-electron chi connectivity index (χ0n) is 18.7. The van der Waals surface area contributed by atoms with Crippen LogP contribution in [0.5, 0.6) is 5.75 Å². The lowest BCUT2D eigenvalue weighted by atomic mass is 9.90. The number of carbonyl (C=O) groups is 1. The molecule has 2 saturated heterocycles. The van der Waals surface area contributed by atoms with Crippen LogP contribution in [0.3, 0.4) is 0 Å². The molecule has 2 fully saturated rings. The van der Waals surface area contributed by atoms with Gasteiger partial charge in [-0.05, 0) is 73.6 Å². The number of hydrogen-bond acceptors (Lipinski definition) is 5. The van der Waals surface area contributed by atoms with Crippen LogP contribution >= 0.6 is 0 Å². The normalized spacial score (nSPS) is 18.2. The fraction of sp³-hybridized carbons (Fsp3) is 0.417. The summed E-state index contributed by atoms with van der Waals surface area (Å²) in [6.07, 6.45) is 7.11. The molecule has 5 rings (SSSR count). The maximum atomic E-state index is 13.0. The number of amides is 1. The number of hydrogen-bond donors (Lipinski definition) is 0. The summed E-state index contributed by atoms with van der Waals surface area (Å²) in [6.45, 7) is 2.53. The largest absolute Gasteiger partial charge is 0.497 e. The van der Waals surface area contributed by atoms with E-state index in [2.05, 4.69) is 11.2 Å². The molecule has 174 valence electrons. The molecule has 0 spiro atoms. The van der Waals surface area contributed by atoms with Gasteiger partial charge in [0.2, 0.25) is 10.0 Å². The first kappa shape index (κ1) is 21.9. The first-order valence-electron chi connectivity index (χ1n) is 11.4. The Labute approximate surface area is 193 Å². The number of aromatic nitrogens is 2. The molecule has 2 aromatic heterocycles. The second-order valence-corrected chi connectivity index (χ2v) is 10.6. The maximum absolute atomic E-state index is 13.0. The Kier molecular flexibility index (Phi) is 5.84. The molecule has 0 N–H and O–H groups in total. The van der Waals surface area contributed by atoms with Crippen molar-refractivity contribution in [1.29, 1.82) is 0 Å². The maximum Gasteiger partial charge on any atom is 0.257 e. The predicted molar refractivity (Wildman–Crippen MR) is 124 cm³/mol. The number of nitrogens with zero attached hydrogens (tertiary/aromatic N) is 4. The third kappa shape index (κ3) is 4.11. The highest BCUT2D eigenvalue weighted by Gasteiger charge is 2.30. The lowest BCUT2D eigenvalue weighted by molar-refractivity contribution is 0.0794. The van der Waals surface area contributed by atoms with Crippen molar-refractivity contribution in [2.45, 2.75) is 36.5 Å². The highest BCUT2D eigenvalue weighted by atomic mass is 32.2. The Bertz CT molecular complexity index is 1260. The lowest BCUT2D eigenvalue weighted by Gasteiger charge is -2.31. The number of pyridine rings is 1. The van der Waals surface area contributed by atoms with Gasteiger partial charge in [0.1, 0.15) is 5.75 Å². The van der Waals surface area contributed by atoms with Crippen LogP contribution in [0.1, 0.15) is 47.5 Å². The quantitative estimate of drug-likeness (QED) is 0.574. The van der Waals surface area contributed by atoms with E-state index in [0.29, 0.717) is 24.4 Å². The van der Waals surface area contributed by atoms with Crippen molar-refractivity contribution in [3.63, 3.8) is 0 Å². The van der Waals surface area contributed by atoms with Gasteiger partial charge in [-0.15, -0.1) is 0 Å². The van der Waals surface area contributed by atoms with Crippen molar-refractivity contribution in [2.75, 3.05) is 33.3 Å². The van der Waals surface area contributed by atoms with Crippen LogP contribution in [-0.4, -0.2) is 66.4 Å². The Balaban J connectivity index is 1.31. The zero-order valence-corrected chi connectivity index (χ0v) is 19.5. The number of sulfonamides is 1. The van der Waals surface area contributed by atoms with E-state index < -0.39 is 10.0 Å². The first-order valence-corrected chi connectivity index (χ1v) is 12.8. The summed E-state index contributed by atoms with van der Waals surface area (Å²) in [6, 6.07) is 10.6. The molecule has 0 atom stereocenters. The molecule has 0 saturated carbocycles. The zero-order chi connectivity index (χ0) is 23.0. The van der Waals surface area contributed by atoms with Crippen LogP contribution < -0.4 is 4.74 Å². The van der Waals surface area contributed by atoms with E-state index in [-0.39, 0.29) is 16.7 Å². The third-order valence-electron chi connectivity index (χ3n) is 6.79. The van der Waals surface area contributed by atoms with Crippen molar-refractivity contribution >= 4 is 21.4 Å². The fourth-order valence-electron chi connectivity index (χ4n) is 4.83. The second kappa shape index (κ2) is 8.79. The minimum absolute atomic E-state index is 0.0417. The van der Waals surface area contributed by atoms with Crippen molar-refractivity contribution in [1.82, 2.24) is 18.8 Å². The fourth-order valence-corrected chi connectivity index (χ4v) is 6.30. The summed E-state index contributed by atoms with van der Waals surface area (Å²) in [4.78, 5) is 15.1. The van der Waals surface area contributed by atoms with Gasteiger partial charge in [0, 0.05) is 32.4 Å². The monoisotopic (exact) mass is 468 g/mol. The molecule has 9 heteroatoms. The molecule has 33 heavy (non-hydrogen) atoms.